The molecule has 0 saturated heterocycles. The molecule has 0 aliphatic heterocycles. The zero-order valence-electron chi connectivity index (χ0n) is 12.7. The first kappa shape index (κ1) is 16.1. The van der Waals surface area contributed by atoms with Gasteiger partial charge in [0.25, 0.3) is 0 Å². The Morgan fingerprint density at radius 2 is 1.86 bits per heavy atom. The molecule has 0 atom stereocenters. The number of nitriles is 1. The van der Waals surface area contributed by atoms with Gasteiger partial charge >= 0.3 is 0 Å². The first-order valence-corrected chi connectivity index (χ1v) is 8.18. The molecule has 0 radical (unpaired) electrons. The Hall–Kier alpha value is -2.25. The van der Waals surface area contributed by atoms with Crippen molar-refractivity contribution in [1.82, 2.24) is 0 Å². The highest BCUT2D eigenvalue weighted by atomic mass is 32.2. The maximum Gasteiger partial charge on any atom is 0.234 e. The Balaban J connectivity index is 1.80. The van der Waals surface area contributed by atoms with Crippen molar-refractivity contribution in [3.63, 3.8) is 0 Å². The molecule has 1 N–H and O–H groups in total. The van der Waals surface area contributed by atoms with E-state index >= 15 is 0 Å². The predicted molar refractivity (Wildman–Crippen MR) is 91.9 cm³/mol. The van der Waals surface area contributed by atoms with Crippen LogP contribution in [0, 0.1) is 25.2 Å². The van der Waals surface area contributed by atoms with Crippen molar-refractivity contribution in [1.29, 1.82) is 5.26 Å². The summed E-state index contributed by atoms with van der Waals surface area (Å²) in [5, 5.41) is 11.7. The van der Waals surface area contributed by atoms with E-state index in [4.69, 9.17) is 5.26 Å². The van der Waals surface area contributed by atoms with E-state index in [0.29, 0.717) is 11.3 Å². The predicted octanol–water partition coefficient (Wildman–Crippen LogP) is 4.05. The number of benzene rings is 2. The molecule has 22 heavy (non-hydrogen) atoms. The van der Waals surface area contributed by atoms with Crippen LogP contribution in [0.15, 0.2) is 42.5 Å². The standard InChI is InChI=1S/C18H18N2OS/c1-13-3-8-17(9-14(13)2)20-18(21)12-22-11-16-6-4-15(10-19)5-7-16/h3-9H,11-12H2,1-2H3,(H,20,21). The van der Waals surface area contributed by atoms with Crippen molar-refractivity contribution in [2.45, 2.75) is 19.6 Å². The van der Waals surface area contributed by atoms with Crippen LogP contribution < -0.4 is 5.32 Å². The topological polar surface area (TPSA) is 52.9 Å². The molecule has 0 bridgehead atoms. The third-order valence-electron chi connectivity index (χ3n) is 3.38. The number of anilines is 1. The van der Waals surface area contributed by atoms with Crippen molar-refractivity contribution >= 4 is 23.4 Å². The summed E-state index contributed by atoms with van der Waals surface area (Å²) in [7, 11) is 0. The number of amides is 1. The van der Waals surface area contributed by atoms with Crippen LogP contribution in [0.1, 0.15) is 22.3 Å². The Bertz CT molecular complexity index is 702. The molecule has 0 spiro atoms. The average molecular weight is 310 g/mol. The molecule has 0 aliphatic rings. The summed E-state index contributed by atoms with van der Waals surface area (Å²) in [4.78, 5) is 11.9. The molecule has 112 valence electrons. The summed E-state index contributed by atoms with van der Waals surface area (Å²) in [6.07, 6.45) is 0. The first-order valence-electron chi connectivity index (χ1n) is 7.02. The SMILES string of the molecule is Cc1ccc(NC(=O)CSCc2ccc(C#N)cc2)cc1C. The number of rotatable bonds is 5. The highest BCUT2D eigenvalue weighted by molar-refractivity contribution is 7.99. The lowest BCUT2D eigenvalue weighted by Gasteiger charge is -2.07. The third-order valence-corrected chi connectivity index (χ3v) is 4.38. The Morgan fingerprint density at radius 3 is 2.50 bits per heavy atom. The minimum absolute atomic E-state index is 0.00176. The van der Waals surface area contributed by atoms with Gasteiger partial charge in [0, 0.05) is 11.4 Å². The molecular formula is C18H18N2OS. The molecule has 0 heterocycles. The van der Waals surface area contributed by atoms with Gasteiger partial charge in [0.15, 0.2) is 0 Å². The number of nitrogens with one attached hydrogen (secondary N) is 1. The normalized spacial score (nSPS) is 10.0. The van der Waals surface area contributed by atoms with E-state index in [1.165, 1.54) is 11.1 Å². The van der Waals surface area contributed by atoms with E-state index in [2.05, 4.69) is 11.4 Å². The van der Waals surface area contributed by atoms with E-state index < -0.39 is 0 Å². The van der Waals surface area contributed by atoms with Crippen molar-refractivity contribution < 1.29 is 4.79 Å². The van der Waals surface area contributed by atoms with Crippen LogP contribution >= 0.6 is 11.8 Å². The first-order chi connectivity index (χ1) is 10.6. The summed E-state index contributed by atoms with van der Waals surface area (Å²) in [5.74, 6) is 1.17. The van der Waals surface area contributed by atoms with Crippen LogP contribution in [0.5, 0.6) is 0 Å². The number of nitrogens with zero attached hydrogens (tertiary/aromatic N) is 1. The zero-order chi connectivity index (χ0) is 15.9. The second-order valence-corrected chi connectivity index (χ2v) is 6.13. The van der Waals surface area contributed by atoms with Gasteiger partial charge < -0.3 is 5.32 Å². The molecule has 0 aromatic heterocycles. The van der Waals surface area contributed by atoms with Gasteiger partial charge in [-0.05, 0) is 54.8 Å². The fourth-order valence-corrected chi connectivity index (χ4v) is 2.74. The second-order valence-electron chi connectivity index (χ2n) is 5.15. The van der Waals surface area contributed by atoms with Crippen LogP contribution in [-0.4, -0.2) is 11.7 Å². The molecule has 1 amide bonds. The van der Waals surface area contributed by atoms with Gasteiger partial charge in [0.1, 0.15) is 0 Å². The van der Waals surface area contributed by atoms with E-state index in [1.54, 1.807) is 23.9 Å². The monoisotopic (exact) mass is 310 g/mol. The molecule has 2 aromatic rings. The van der Waals surface area contributed by atoms with Crippen LogP contribution in [0.2, 0.25) is 0 Å². The van der Waals surface area contributed by atoms with Crippen LogP contribution in [0.25, 0.3) is 0 Å². The number of thioether (sulfide) groups is 1. The van der Waals surface area contributed by atoms with E-state index in [0.717, 1.165) is 17.0 Å². The van der Waals surface area contributed by atoms with Crippen molar-refractivity contribution in [2.75, 3.05) is 11.1 Å². The maximum atomic E-state index is 11.9. The largest absolute Gasteiger partial charge is 0.325 e. The second kappa shape index (κ2) is 7.67. The molecule has 0 fully saturated rings. The molecule has 3 nitrogen and oxygen atoms in total. The average Bonchev–Trinajstić information content (AvgIpc) is 2.51. The van der Waals surface area contributed by atoms with Gasteiger partial charge in [0.05, 0.1) is 17.4 Å². The summed E-state index contributed by atoms with van der Waals surface area (Å²) >= 11 is 1.56. The summed E-state index contributed by atoms with van der Waals surface area (Å²) in [6.45, 7) is 4.08. The molecule has 2 rings (SSSR count). The van der Waals surface area contributed by atoms with E-state index in [9.17, 15) is 4.79 Å². The lowest BCUT2D eigenvalue weighted by atomic mass is 10.1. The van der Waals surface area contributed by atoms with Gasteiger partial charge in [-0.15, -0.1) is 11.8 Å². The van der Waals surface area contributed by atoms with E-state index in [1.807, 2.05) is 44.2 Å². The molecule has 4 heteroatoms. The number of aryl methyl sites for hydroxylation is 2. The smallest absolute Gasteiger partial charge is 0.234 e. The fourth-order valence-electron chi connectivity index (χ4n) is 1.95. The summed E-state index contributed by atoms with van der Waals surface area (Å²) < 4.78 is 0. The van der Waals surface area contributed by atoms with Crippen LogP contribution in [0.4, 0.5) is 5.69 Å². The zero-order valence-corrected chi connectivity index (χ0v) is 13.5. The molecule has 0 saturated carbocycles. The van der Waals surface area contributed by atoms with Gasteiger partial charge in [-0.25, -0.2) is 0 Å². The Kier molecular flexibility index (Phi) is 5.62. The van der Waals surface area contributed by atoms with Gasteiger partial charge in [-0.1, -0.05) is 18.2 Å². The summed E-state index contributed by atoms with van der Waals surface area (Å²) in [6, 6.07) is 15.4. The highest BCUT2D eigenvalue weighted by Crippen LogP contribution is 2.16. The molecular weight excluding hydrogens is 292 g/mol. The van der Waals surface area contributed by atoms with Gasteiger partial charge in [-0.3, -0.25) is 4.79 Å². The maximum absolute atomic E-state index is 11.9. The third kappa shape index (κ3) is 4.64. The lowest BCUT2D eigenvalue weighted by molar-refractivity contribution is -0.113. The van der Waals surface area contributed by atoms with Gasteiger partial charge in [0.2, 0.25) is 5.91 Å². The summed E-state index contributed by atoms with van der Waals surface area (Å²) in [5.41, 5.74) is 4.99. The highest BCUT2D eigenvalue weighted by Gasteiger charge is 2.04. The van der Waals surface area contributed by atoms with Crippen molar-refractivity contribution in [3.8, 4) is 6.07 Å². The molecule has 0 aliphatic carbocycles. The quantitative estimate of drug-likeness (QED) is 0.906. The Morgan fingerprint density at radius 1 is 1.14 bits per heavy atom. The van der Waals surface area contributed by atoms with Crippen LogP contribution in [0.3, 0.4) is 0 Å². The lowest BCUT2D eigenvalue weighted by Crippen LogP contribution is -2.14. The van der Waals surface area contributed by atoms with Crippen molar-refractivity contribution in [2.24, 2.45) is 0 Å². The number of carbonyl (C=O) groups is 1. The Labute approximate surface area is 135 Å². The fraction of sp³-hybridized carbons (Fsp3) is 0.222. The minimum atomic E-state index is 0.00176. The van der Waals surface area contributed by atoms with Crippen LogP contribution in [-0.2, 0) is 10.5 Å². The minimum Gasteiger partial charge on any atom is -0.325 e. The number of hydrogen-bond donors (Lipinski definition) is 1. The number of hydrogen-bond acceptors (Lipinski definition) is 3. The molecule has 2 aromatic carbocycles. The molecule has 0 unspecified atom stereocenters. The van der Waals surface area contributed by atoms with E-state index in [-0.39, 0.29) is 5.91 Å². The van der Waals surface area contributed by atoms with Crippen molar-refractivity contribution in [3.05, 3.63) is 64.7 Å². The number of carbonyl (C=O) groups excluding carboxylic acids is 1. The van der Waals surface area contributed by atoms with Gasteiger partial charge in [-0.2, -0.15) is 5.26 Å².